The Labute approximate surface area is 183 Å². The largest absolute Gasteiger partial charge is 0.493 e. The van der Waals surface area contributed by atoms with Crippen molar-refractivity contribution in [3.05, 3.63) is 42.1 Å². The number of amides is 1. The molecule has 0 saturated carbocycles. The standard InChI is InChI=1S/C21H28N4O5S/c1-4-13-31(27,28)23-17-6-8-20(22-15-17)24-9-11-25(12-10-24)21(26)16-5-7-18(29-2)19(14-16)30-3/h5-8,14-15,23H,4,9-13H2,1-3H3. The number of pyridine rings is 1. The lowest BCUT2D eigenvalue weighted by Crippen LogP contribution is -2.49. The van der Waals surface area contributed by atoms with Crippen LogP contribution in [0.4, 0.5) is 11.5 Å². The van der Waals surface area contributed by atoms with Crippen molar-refractivity contribution in [2.45, 2.75) is 13.3 Å². The number of benzene rings is 1. The van der Waals surface area contributed by atoms with E-state index in [4.69, 9.17) is 9.47 Å². The van der Waals surface area contributed by atoms with Crippen LogP contribution in [0.25, 0.3) is 0 Å². The predicted molar refractivity (Wildman–Crippen MR) is 120 cm³/mol. The predicted octanol–water partition coefficient (Wildman–Crippen LogP) is 2.21. The SMILES string of the molecule is CCCS(=O)(=O)Nc1ccc(N2CCN(C(=O)c3ccc(OC)c(OC)c3)CC2)nc1. The third-order valence-electron chi connectivity index (χ3n) is 5.02. The van der Waals surface area contributed by atoms with Gasteiger partial charge in [0, 0.05) is 31.7 Å². The van der Waals surface area contributed by atoms with Crippen LogP contribution in [-0.4, -0.2) is 70.4 Å². The molecule has 0 unspecified atom stereocenters. The molecule has 31 heavy (non-hydrogen) atoms. The van der Waals surface area contributed by atoms with Crippen LogP contribution in [0, 0.1) is 0 Å². The number of piperazine rings is 1. The smallest absolute Gasteiger partial charge is 0.254 e. The second-order valence-electron chi connectivity index (χ2n) is 7.18. The highest BCUT2D eigenvalue weighted by Crippen LogP contribution is 2.28. The number of nitrogens with one attached hydrogen (secondary N) is 1. The molecule has 1 saturated heterocycles. The van der Waals surface area contributed by atoms with Gasteiger partial charge in [-0.2, -0.15) is 0 Å². The molecular weight excluding hydrogens is 420 g/mol. The Balaban J connectivity index is 1.60. The minimum absolute atomic E-state index is 0.0609. The summed E-state index contributed by atoms with van der Waals surface area (Å²) in [6, 6.07) is 8.64. The first-order valence-electron chi connectivity index (χ1n) is 10.1. The molecule has 0 atom stereocenters. The monoisotopic (exact) mass is 448 g/mol. The number of rotatable bonds is 8. The van der Waals surface area contributed by atoms with E-state index in [0.717, 1.165) is 5.82 Å². The quantitative estimate of drug-likeness (QED) is 0.661. The number of carbonyl (C=O) groups is 1. The number of nitrogens with zero attached hydrogens (tertiary/aromatic N) is 3. The number of ether oxygens (including phenoxy) is 2. The van der Waals surface area contributed by atoms with E-state index in [1.54, 1.807) is 42.3 Å². The van der Waals surface area contributed by atoms with Crippen LogP contribution < -0.4 is 19.1 Å². The van der Waals surface area contributed by atoms with Crippen LogP contribution in [-0.2, 0) is 10.0 Å². The summed E-state index contributed by atoms with van der Waals surface area (Å²) in [5, 5.41) is 0. The number of hydrogen-bond acceptors (Lipinski definition) is 7. The molecule has 0 bridgehead atoms. The Kier molecular flexibility index (Phi) is 7.21. The summed E-state index contributed by atoms with van der Waals surface area (Å²) >= 11 is 0. The normalized spacial score (nSPS) is 14.3. The molecule has 3 rings (SSSR count). The lowest BCUT2D eigenvalue weighted by Gasteiger charge is -2.35. The maximum Gasteiger partial charge on any atom is 0.254 e. The van der Waals surface area contributed by atoms with E-state index in [1.165, 1.54) is 13.3 Å². The first kappa shape index (κ1) is 22.7. The lowest BCUT2D eigenvalue weighted by atomic mass is 10.1. The molecule has 9 nitrogen and oxygen atoms in total. The van der Waals surface area contributed by atoms with E-state index in [9.17, 15) is 13.2 Å². The van der Waals surface area contributed by atoms with Crippen LogP contribution in [0.3, 0.4) is 0 Å². The zero-order valence-corrected chi connectivity index (χ0v) is 18.8. The second kappa shape index (κ2) is 9.86. The molecule has 0 spiro atoms. The second-order valence-corrected chi connectivity index (χ2v) is 9.02. The first-order chi connectivity index (χ1) is 14.9. The van der Waals surface area contributed by atoms with Gasteiger partial charge in [-0.05, 0) is 36.8 Å². The Morgan fingerprint density at radius 2 is 1.77 bits per heavy atom. The average molecular weight is 449 g/mol. The van der Waals surface area contributed by atoms with Crippen LogP contribution in [0.2, 0.25) is 0 Å². The molecule has 1 amide bonds. The molecule has 168 valence electrons. The Hall–Kier alpha value is -3.01. The molecule has 2 aromatic rings. The van der Waals surface area contributed by atoms with Crippen molar-refractivity contribution in [2.75, 3.05) is 55.8 Å². The van der Waals surface area contributed by atoms with Gasteiger partial charge in [-0.1, -0.05) is 6.92 Å². The number of hydrogen-bond donors (Lipinski definition) is 1. The highest BCUT2D eigenvalue weighted by Gasteiger charge is 2.24. The van der Waals surface area contributed by atoms with E-state index >= 15 is 0 Å². The summed E-state index contributed by atoms with van der Waals surface area (Å²) in [6.07, 6.45) is 2.07. The minimum atomic E-state index is -3.34. The van der Waals surface area contributed by atoms with Crippen molar-refractivity contribution >= 4 is 27.4 Å². The van der Waals surface area contributed by atoms with E-state index in [1.807, 2.05) is 6.92 Å². The highest BCUT2D eigenvalue weighted by molar-refractivity contribution is 7.92. The molecule has 1 aliphatic rings. The van der Waals surface area contributed by atoms with E-state index < -0.39 is 10.0 Å². The Morgan fingerprint density at radius 1 is 1.06 bits per heavy atom. The number of aromatic nitrogens is 1. The molecule has 1 aromatic heterocycles. The fraction of sp³-hybridized carbons (Fsp3) is 0.429. The molecular formula is C21H28N4O5S. The third-order valence-corrected chi connectivity index (χ3v) is 6.51. The number of anilines is 2. The summed E-state index contributed by atoms with van der Waals surface area (Å²) in [7, 11) is -0.245. The summed E-state index contributed by atoms with van der Waals surface area (Å²) < 4.78 is 36.8. The maximum absolute atomic E-state index is 12.9. The van der Waals surface area contributed by atoms with E-state index in [0.29, 0.717) is 55.3 Å². The van der Waals surface area contributed by atoms with Crippen molar-refractivity contribution in [2.24, 2.45) is 0 Å². The zero-order valence-electron chi connectivity index (χ0n) is 18.0. The van der Waals surface area contributed by atoms with Gasteiger partial charge in [-0.25, -0.2) is 13.4 Å². The van der Waals surface area contributed by atoms with Crippen LogP contribution in [0.5, 0.6) is 11.5 Å². The highest BCUT2D eigenvalue weighted by atomic mass is 32.2. The molecule has 1 aliphatic heterocycles. The number of sulfonamides is 1. The zero-order chi connectivity index (χ0) is 22.4. The third kappa shape index (κ3) is 5.57. The Morgan fingerprint density at radius 3 is 2.35 bits per heavy atom. The molecule has 1 N–H and O–H groups in total. The molecule has 1 aromatic carbocycles. The van der Waals surface area contributed by atoms with Gasteiger partial charge in [0.2, 0.25) is 10.0 Å². The first-order valence-corrected chi connectivity index (χ1v) is 11.7. The average Bonchev–Trinajstić information content (AvgIpc) is 2.78. The summed E-state index contributed by atoms with van der Waals surface area (Å²) in [5.74, 6) is 1.86. The van der Waals surface area contributed by atoms with E-state index in [2.05, 4.69) is 14.6 Å². The molecule has 10 heteroatoms. The molecule has 0 radical (unpaired) electrons. The lowest BCUT2D eigenvalue weighted by molar-refractivity contribution is 0.0746. The summed E-state index contributed by atoms with van der Waals surface area (Å²) in [5.41, 5.74) is 0.993. The van der Waals surface area contributed by atoms with Gasteiger partial charge >= 0.3 is 0 Å². The fourth-order valence-electron chi connectivity index (χ4n) is 3.42. The van der Waals surface area contributed by atoms with Gasteiger partial charge in [0.15, 0.2) is 11.5 Å². The molecule has 1 fully saturated rings. The summed E-state index contributed by atoms with van der Waals surface area (Å²) in [6.45, 7) is 4.19. The van der Waals surface area contributed by atoms with Gasteiger partial charge in [-0.15, -0.1) is 0 Å². The van der Waals surface area contributed by atoms with Gasteiger partial charge < -0.3 is 19.3 Å². The van der Waals surface area contributed by atoms with Gasteiger partial charge in [-0.3, -0.25) is 9.52 Å². The Bertz CT molecular complexity index is 1000. The number of methoxy groups -OCH3 is 2. The van der Waals surface area contributed by atoms with Crippen LogP contribution >= 0.6 is 0 Å². The van der Waals surface area contributed by atoms with Crippen LogP contribution in [0.1, 0.15) is 23.7 Å². The van der Waals surface area contributed by atoms with Crippen molar-refractivity contribution < 1.29 is 22.7 Å². The van der Waals surface area contributed by atoms with Gasteiger partial charge in [0.1, 0.15) is 5.82 Å². The van der Waals surface area contributed by atoms with Crippen LogP contribution in [0.15, 0.2) is 36.5 Å². The van der Waals surface area contributed by atoms with Crippen molar-refractivity contribution in [1.29, 1.82) is 0 Å². The van der Waals surface area contributed by atoms with Gasteiger partial charge in [0.05, 0.1) is 31.9 Å². The van der Waals surface area contributed by atoms with E-state index in [-0.39, 0.29) is 11.7 Å². The van der Waals surface area contributed by atoms with Gasteiger partial charge in [0.25, 0.3) is 5.91 Å². The van der Waals surface area contributed by atoms with Crippen molar-refractivity contribution in [3.63, 3.8) is 0 Å². The molecule has 0 aliphatic carbocycles. The fourth-order valence-corrected chi connectivity index (χ4v) is 4.54. The topological polar surface area (TPSA) is 101 Å². The van der Waals surface area contributed by atoms with Crippen molar-refractivity contribution in [3.8, 4) is 11.5 Å². The number of carbonyl (C=O) groups excluding carboxylic acids is 1. The summed E-state index contributed by atoms with van der Waals surface area (Å²) in [4.78, 5) is 21.1. The molecule has 2 heterocycles. The minimum Gasteiger partial charge on any atom is -0.493 e. The van der Waals surface area contributed by atoms with Crippen molar-refractivity contribution in [1.82, 2.24) is 9.88 Å². The maximum atomic E-state index is 12.9.